The van der Waals surface area contributed by atoms with Crippen LogP contribution < -0.4 is 5.32 Å². The van der Waals surface area contributed by atoms with Crippen molar-refractivity contribution in [1.82, 2.24) is 5.32 Å². The van der Waals surface area contributed by atoms with E-state index in [-0.39, 0.29) is 12.3 Å². The fourth-order valence-electron chi connectivity index (χ4n) is 1.75. The largest absolute Gasteiger partial charge is 0.469 e. The number of esters is 2. The van der Waals surface area contributed by atoms with Crippen molar-refractivity contribution in [3.05, 3.63) is 29.8 Å². The number of ether oxygens (including phenoxy) is 2. The average Bonchev–Trinajstić information content (AvgIpc) is 2.55. The first-order valence-corrected chi connectivity index (χ1v) is 7.93. The van der Waals surface area contributed by atoms with Gasteiger partial charge in [-0.3, -0.25) is 9.59 Å². The Balaban J connectivity index is 2.67. The summed E-state index contributed by atoms with van der Waals surface area (Å²) in [5, 5.41) is 2.10. The molecule has 23 heavy (non-hydrogen) atoms. The first-order valence-electron chi connectivity index (χ1n) is 7.05. The van der Waals surface area contributed by atoms with Crippen LogP contribution in [0.2, 0.25) is 0 Å². The molecule has 0 aliphatic rings. The minimum Gasteiger partial charge on any atom is -0.469 e. The predicted octanol–water partition coefficient (Wildman–Crippen LogP) is 1.70. The van der Waals surface area contributed by atoms with Crippen LogP contribution in [0.4, 0.5) is 0 Å². The maximum absolute atomic E-state index is 12.2. The third-order valence-electron chi connectivity index (χ3n) is 3.10. The Hall–Kier alpha value is -2.02. The average molecular weight is 339 g/mol. The molecule has 7 heteroatoms. The maximum atomic E-state index is 12.2. The van der Waals surface area contributed by atoms with Crippen LogP contribution in [0.5, 0.6) is 0 Å². The summed E-state index contributed by atoms with van der Waals surface area (Å²) < 4.78 is 9.12. The van der Waals surface area contributed by atoms with Gasteiger partial charge in [0.2, 0.25) is 5.91 Å². The number of carbonyl (C=O) groups is 3. The number of nitrogens with one attached hydrogen (secondary N) is 1. The molecular formula is C16H21NO5S. The number of thioether (sulfide) groups is 1. The summed E-state index contributed by atoms with van der Waals surface area (Å²) in [7, 11) is 2.41. The molecule has 1 N–H and O–H groups in total. The Morgan fingerprint density at radius 1 is 1.13 bits per heavy atom. The highest BCUT2D eigenvalue weighted by Gasteiger charge is 2.27. The number of benzene rings is 1. The molecule has 2 atom stereocenters. The van der Waals surface area contributed by atoms with Gasteiger partial charge < -0.3 is 14.8 Å². The molecule has 0 aliphatic heterocycles. The van der Waals surface area contributed by atoms with Crippen LogP contribution in [0, 0.1) is 6.92 Å². The molecule has 0 fully saturated rings. The van der Waals surface area contributed by atoms with E-state index in [0.29, 0.717) is 0 Å². The quantitative estimate of drug-likeness (QED) is 0.601. The van der Waals surface area contributed by atoms with Gasteiger partial charge in [0.1, 0.15) is 6.04 Å². The standard InChI is InChI=1S/C16H21NO5S/c1-10-5-7-12(8-6-10)23-11(2)15(19)17-13(16(20)22-4)9-14(18)21-3/h5-8,11,13H,9H2,1-4H3,(H,17,19)/t11-,13-/m0/s1. The van der Waals surface area contributed by atoms with Crippen molar-refractivity contribution in [2.24, 2.45) is 0 Å². The second-order valence-corrected chi connectivity index (χ2v) is 6.35. The lowest BCUT2D eigenvalue weighted by Crippen LogP contribution is -2.45. The summed E-state index contributed by atoms with van der Waals surface area (Å²) in [5.41, 5.74) is 1.13. The van der Waals surface area contributed by atoms with E-state index in [0.717, 1.165) is 10.5 Å². The number of methoxy groups -OCH3 is 2. The van der Waals surface area contributed by atoms with Crippen LogP contribution in [0.3, 0.4) is 0 Å². The molecule has 0 radical (unpaired) electrons. The van der Waals surface area contributed by atoms with Gasteiger partial charge in [-0.1, -0.05) is 17.7 Å². The maximum Gasteiger partial charge on any atom is 0.328 e. The Kier molecular flexibility index (Phi) is 7.61. The van der Waals surface area contributed by atoms with Crippen LogP contribution in [-0.4, -0.2) is 43.4 Å². The predicted molar refractivity (Wildman–Crippen MR) is 87.1 cm³/mol. The molecule has 0 unspecified atom stereocenters. The van der Waals surface area contributed by atoms with Crippen molar-refractivity contribution < 1.29 is 23.9 Å². The smallest absolute Gasteiger partial charge is 0.328 e. The van der Waals surface area contributed by atoms with E-state index in [9.17, 15) is 14.4 Å². The molecule has 0 aliphatic carbocycles. The fraction of sp³-hybridized carbons (Fsp3) is 0.438. The first-order chi connectivity index (χ1) is 10.9. The topological polar surface area (TPSA) is 81.7 Å². The number of hydrogen-bond donors (Lipinski definition) is 1. The molecule has 0 bridgehead atoms. The normalized spacial score (nSPS) is 12.9. The summed E-state index contributed by atoms with van der Waals surface area (Å²) in [6, 6.07) is 6.72. The van der Waals surface area contributed by atoms with E-state index in [1.54, 1.807) is 6.92 Å². The molecule has 126 valence electrons. The van der Waals surface area contributed by atoms with E-state index < -0.39 is 23.2 Å². The van der Waals surface area contributed by atoms with Gasteiger partial charge in [-0.05, 0) is 26.0 Å². The van der Waals surface area contributed by atoms with E-state index in [2.05, 4.69) is 14.8 Å². The SMILES string of the molecule is COC(=O)C[C@H](NC(=O)[C@H](C)Sc1ccc(C)cc1)C(=O)OC. The zero-order valence-corrected chi connectivity index (χ0v) is 14.4. The highest BCUT2D eigenvalue weighted by molar-refractivity contribution is 8.00. The zero-order chi connectivity index (χ0) is 17.4. The molecule has 0 saturated carbocycles. The highest BCUT2D eigenvalue weighted by Crippen LogP contribution is 2.23. The Bertz CT molecular complexity index is 558. The minimum atomic E-state index is -1.05. The van der Waals surface area contributed by atoms with E-state index in [1.807, 2.05) is 31.2 Å². The van der Waals surface area contributed by atoms with E-state index in [4.69, 9.17) is 0 Å². The van der Waals surface area contributed by atoms with Crippen LogP contribution >= 0.6 is 11.8 Å². The summed E-state index contributed by atoms with van der Waals surface area (Å²) >= 11 is 1.37. The van der Waals surface area contributed by atoms with Gasteiger partial charge in [0.15, 0.2) is 0 Å². The summed E-state index contributed by atoms with van der Waals surface area (Å²) in [5.74, 6) is -1.63. The molecule has 0 aromatic heterocycles. The van der Waals surface area contributed by atoms with Crippen LogP contribution in [0.1, 0.15) is 18.9 Å². The number of carbonyl (C=O) groups excluding carboxylic acids is 3. The van der Waals surface area contributed by atoms with Gasteiger partial charge in [0.05, 0.1) is 25.9 Å². The monoisotopic (exact) mass is 339 g/mol. The summed E-state index contributed by atoms with van der Waals surface area (Å²) in [6.07, 6.45) is -0.267. The van der Waals surface area contributed by atoms with Gasteiger partial charge in [0.25, 0.3) is 0 Å². The van der Waals surface area contributed by atoms with Gasteiger partial charge in [-0.2, -0.15) is 0 Å². The number of aryl methyl sites for hydroxylation is 1. The number of hydrogen-bond acceptors (Lipinski definition) is 6. The summed E-state index contributed by atoms with van der Waals surface area (Å²) in [6.45, 7) is 3.71. The molecule has 1 aromatic rings. The minimum absolute atomic E-state index is 0.267. The molecule has 6 nitrogen and oxygen atoms in total. The summed E-state index contributed by atoms with van der Waals surface area (Å²) in [4.78, 5) is 36.2. The second kappa shape index (κ2) is 9.19. The Morgan fingerprint density at radius 2 is 1.74 bits per heavy atom. The molecule has 1 amide bonds. The number of rotatable bonds is 7. The third-order valence-corrected chi connectivity index (χ3v) is 4.22. The molecule has 0 spiro atoms. The van der Waals surface area contributed by atoms with E-state index >= 15 is 0 Å². The van der Waals surface area contributed by atoms with Crippen molar-refractivity contribution in [2.75, 3.05) is 14.2 Å². The van der Waals surface area contributed by atoms with Crippen LogP contribution in [-0.2, 0) is 23.9 Å². The van der Waals surface area contributed by atoms with Crippen LogP contribution in [0.25, 0.3) is 0 Å². The molecule has 1 aromatic carbocycles. The first kappa shape index (κ1) is 19.0. The lowest BCUT2D eigenvalue weighted by atomic mass is 10.2. The molecule has 0 saturated heterocycles. The van der Waals surface area contributed by atoms with Gasteiger partial charge in [-0.25, -0.2) is 4.79 Å². The lowest BCUT2D eigenvalue weighted by molar-refractivity contribution is -0.150. The van der Waals surface area contributed by atoms with Crippen molar-refractivity contribution in [3.63, 3.8) is 0 Å². The lowest BCUT2D eigenvalue weighted by Gasteiger charge is -2.18. The molecule has 1 rings (SSSR count). The molecule has 0 heterocycles. The second-order valence-electron chi connectivity index (χ2n) is 4.94. The van der Waals surface area contributed by atoms with Crippen molar-refractivity contribution >= 4 is 29.6 Å². The fourth-order valence-corrected chi connectivity index (χ4v) is 2.63. The van der Waals surface area contributed by atoms with Gasteiger partial charge >= 0.3 is 11.9 Å². The number of amides is 1. The zero-order valence-electron chi connectivity index (χ0n) is 13.6. The Morgan fingerprint density at radius 3 is 2.26 bits per heavy atom. The Labute approximate surface area is 139 Å². The van der Waals surface area contributed by atoms with Gasteiger partial charge in [0, 0.05) is 4.90 Å². The van der Waals surface area contributed by atoms with Crippen molar-refractivity contribution in [2.45, 2.75) is 36.5 Å². The van der Waals surface area contributed by atoms with E-state index in [1.165, 1.54) is 26.0 Å². The van der Waals surface area contributed by atoms with Crippen molar-refractivity contribution in [3.8, 4) is 0 Å². The highest BCUT2D eigenvalue weighted by atomic mass is 32.2. The third kappa shape index (κ3) is 6.32. The van der Waals surface area contributed by atoms with Gasteiger partial charge in [-0.15, -0.1) is 11.8 Å². The molecular weight excluding hydrogens is 318 g/mol. The van der Waals surface area contributed by atoms with Crippen LogP contribution in [0.15, 0.2) is 29.2 Å². The van der Waals surface area contributed by atoms with Crippen molar-refractivity contribution in [1.29, 1.82) is 0 Å².